The molecule has 0 saturated carbocycles. The molecule has 28 heavy (non-hydrogen) atoms. The van der Waals surface area contributed by atoms with Crippen molar-refractivity contribution in [2.75, 3.05) is 43.1 Å². The summed E-state index contributed by atoms with van der Waals surface area (Å²) in [5, 5.41) is 2.72. The van der Waals surface area contributed by atoms with Crippen LogP contribution in [0.1, 0.15) is 31.7 Å². The molecule has 0 unspecified atom stereocenters. The van der Waals surface area contributed by atoms with Gasteiger partial charge in [0.25, 0.3) is 0 Å². The molecular formula is C22H27FN2O3. The first-order chi connectivity index (χ1) is 13.5. The standard InChI is InChI=1S/C22H27FN2O3/c1-16(2)17-3-6-19(7-4-17)28-12-9-22(26)24-18-5-8-21(20(23)15-18)25-10-13-27-14-11-25/h3-8,15-16H,9-14H2,1-2H3,(H,24,26). The second-order valence-electron chi connectivity index (χ2n) is 7.14. The number of carbonyl (C=O) groups excluding carboxylic acids is 1. The summed E-state index contributed by atoms with van der Waals surface area (Å²) in [7, 11) is 0. The fraction of sp³-hybridized carbons (Fsp3) is 0.409. The molecule has 1 heterocycles. The molecule has 6 heteroatoms. The van der Waals surface area contributed by atoms with Crippen LogP contribution in [0, 0.1) is 5.82 Å². The molecule has 0 atom stereocenters. The number of morpholine rings is 1. The molecule has 1 saturated heterocycles. The zero-order chi connectivity index (χ0) is 19.9. The van der Waals surface area contributed by atoms with Crippen molar-refractivity contribution in [3.05, 3.63) is 53.8 Å². The second-order valence-corrected chi connectivity index (χ2v) is 7.14. The van der Waals surface area contributed by atoms with Crippen LogP contribution in [-0.4, -0.2) is 38.8 Å². The van der Waals surface area contributed by atoms with Crippen LogP contribution < -0.4 is 15.0 Å². The molecule has 0 bridgehead atoms. The maximum absolute atomic E-state index is 14.4. The van der Waals surface area contributed by atoms with Gasteiger partial charge in [-0.25, -0.2) is 4.39 Å². The van der Waals surface area contributed by atoms with Crippen LogP contribution in [-0.2, 0) is 9.53 Å². The zero-order valence-electron chi connectivity index (χ0n) is 16.4. The predicted octanol–water partition coefficient (Wildman–Crippen LogP) is 4.19. The van der Waals surface area contributed by atoms with Gasteiger partial charge in [0.15, 0.2) is 0 Å². The molecule has 1 aliphatic heterocycles. The van der Waals surface area contributed by atoms with E-state index in [1.54, 1.807) is 12.1 Å². The largest absolute Gasteiger partial charge is 0.493 e. The molecule has 1 amide bonds. The van der Waals surface area contributed by atoms with Gasteiger partial charge in [-0.1, -0.05) is 26.0 Å². The molecule has 0 spiro atoms. The average Bonchev–Trinajstić information content (AvgIpc) is 2.69. The van der Waals surface area contributed by atoms with E-state index in [1.807, 2.05) is 29.2 Å². The Balaban J connectivity index is 1.47. The topological polar surface area (TPSA) is 50.8 Å². The number of amides is 1. The summed E-state index contributed by atoms with van der Waals surface area (Å²) in [5.74, 6) is 0.645. The molecule has 150 valence electrons. The number of carbonyl (C=O) groups is 1. The van der Waals surface area contributed by atoms with E-state index in [-0.39, 0.29) is 24.8 Å². The van der Waals surface area contributed by atoms with Crippen LogP contribution in [0.5, 0.6) is 5.75 Å². The minimum Gasteiger partial charge on any atom is -0.493 e. The van der Waals surface area contributed by atoms with Gasteiger partial charge in [0.2, 0.25) is 5.91 Å². The van der Waals surface area contributed by atoms with Gasteiger partial charge < -0.3 is 19.7 Å². The number of rotatable bonds is 7. The monoisotopic (exact) mass is 386 g/mol. The zero-order valence-corrected chi connectivity index (χ0v) is 16.4. The number of anilines is 2. The Morgan fingerprint density at radius 3 is 2.54 bits per heavy atom. The highest BCUT2D eigenvalue weighted by Crippen LogP contribution is 2.24. The van der Waals surface area contributed by atoms with E-state index in [1.165, 1.54) is 11.6 Å². The normalized spacial score (nSPS) is 14.2. The SMILES string of the molecule is CC(C)c1ccc(OCCC(=O)Nc2ccc(N3CCOCC3)c(F)c2)cc1. The lowest BCUT2D eigenvalue weighted by Crippen LogP contribution is -2.36. The molecular weight excluding hydrogens is 359 g/mol. The van der Waals surface area contributed by atoms with Crippen molar-refractivity contribution in [2.24, 2.45) is 0 Å². The summed E-state index contributed by atoms with van der Waals surface area (Å²) >= 11 is 0. The second kappa shape index (κ2) is 9.55. The van der Waals surface area contributed by atoms with Gasteiger partial charge in [-0.3, -0.25) is 4.79 Å². The van der Waals surface area contributed by atoms with Crippen LogP contribution >= 0.6 is 0 Å². The summed E-state index contributed by atoms with van der Waals surface area (Å²) in [6.07, 6.45) is 0.193. The van der Waals surface area contributed by atoms with Crippen LogP contribution in [0.3, 0.4) is 0 Å². The highest BCUT2D eigenvalue weighted by atomic mass is 19.1. The first-order valence-corrected chi connectivity index (χ1v) is 9.68. The number of nitrogens with zero attached hydrogens (tertiary/aromatic N) is 1. The fourth-order valence-corrected chi connectivity index (χ4v) is 3.08. The quantitative estimate of drug-likeness (QED) is 0.775. The van der Waals surface area contributed by atoms with E-state index in [2.05, 4.69) is 19.2 Å². The summed E-state index contributed by atoms with van der Waals surface area (Å²) < 4.78 is 25.3. The van der Waals surface area contributed by atoms with Gasteiger partial charge >= 0.3 is 0 Å². The van der Waals surface area contributed by atoms with E-state index in [0.717, 1.165) is 5.75 Å². The number of halogens is 1. The fourth-order valence-electron chi connectivity index (χ4n) is 3.08. The molecule has 5 nitrogen and oxygen atoms in total. The number of ether oxygens (including phenoxy) is 2. The number of hydrogen-bond donors (Lipinski definition) is 1. The summed E-state index contributed by atoms with van der Waals surface area (Å²) in [5.41, 5.74) is 2.22. The van der Waals surface area contributed by atoms with E-state index < -0.39 is 0 Å². The van der Waals surface area contributed by atoms with Gasteiger partial charge in [0.1, 0.15) is 11.6 Å². The number of nitrogens with one attached hydrogen (secondary N) is 1. The Morgan fingerprint density at radius 1 is 1.18 bits per heavy atom. The van der Waals surface area contributed by atoms with Gasteiger partial charge in [0, 0.05) is 18.8 Å². The van der Waals surface area contributed by atoms with Crippen molar-refractivity contribution >= 4 is 17.3 Å². The van der Waals surface area contributed by atoms with Gasteiger partial charge in [0.05, 0.1) is 31.9 Å². The molecule has 0 aromatic heterocycles. The maximum Gasteiger partial charge on any atom is 0.227 e. The van der Waals surface area contributed by atoms with E-state index in [9.17, 15) is 9.18 Å². The van der Waals surface area contributed by atoms with Crippen LogP contribution in [0.4, 0.5) is 15.8 Å². The Kier molecular flexibility index (Phi) is 6.87. The molecule has 2 aromatic carbocycles. The Labute approximate surface area is 165 Å². The molecule has 1 aliphatic rings. The van der Waals surface area contributed by atoms with Crippen molar-refractivity contribution in [2.45, 2.75) is 26.2 Å². The van der Waals surface area contributed by atoms with Gasteiger partial charge in [-0.15, -0.1) is 0 Å². The summed E-state index contributed by atoms with van der Waals surface area (Å²) in [6.45, 7) is 7.06. The van der Waals surface area contributed by atoms with E-state index >= 15 is 0 Å². The lowest BCUT2D eigenvalue weighted by Gasteiger charge is -2.29. The maximum atomic E-state index is 14.4. The summed E-state index contributed by atoms with van der Waals surface area (Å²) in [4.78, 5) is 14.1. The highest BCUT2D eigenvalue weighted by molar-refractivity contribution is 5.91. The first-order valence-electron chi connectivity index (χ1n) is 9.68. The molecule has 0 radical (unpaired) electrons. The lowest BCUT2D eigenvalue weighted by molar-refractivity contribution is -0.116. The van der Waals surface area contributed by atoms with Gasteiger partial charge in [-0.2, -0.15) is 0 Å². The molecule has 1 fully saturated rings. The molecule has 3 rings (SSSR count). The average molecular weight is 386 g/mol. The Morgan fingerprint density at radius 2 is 1.89 bits per heavy atom. The summed E-state index contributed by atoms with van der Waals surface area (Å²) in [6, 6.07) is 12.6. The molecule has 1 N–H and O–H groups in total. The van der Waals surface area contributed by atoms with Gasteiger partial charge in [-0.05, 0) is 41.8 Å². The third-order valence-electron chi connectivity index (χ3n) is 4.73. The van der Waals surface area contributed by atoms with Crippen molar-refractivity contribution < 1.29 is 18.7 Å². The van der Waals surface area contributed by atoms with E-state index in [0.29, 0.717) is 43.6 Å². The molecule has 0 aliphatic carbocycles. The minimum absolute atomic E-state index is 0.193. The number of benzene rings is 2. The minimum atomic E-state index is -0.346. The van der Waals surface area contributed by atoms with Crippen LogP contribution in [0.2, 0.25) is 0 Å². The Bertz CT molecular complexity index is 787. The van der Waals surface area contributed by atoms with Crippen molar-refractivity contribution in [1.29, 1.82) is 0 Å². The van der Waals surface area contributed by atoms with Crippen molar-refractivity contribution in [3.8, 4) is 5.75 Å². The van der Waals surface area contributed by atoms with Crippen molar-refractivity contribution in [1.82, 2.24) is 0 Å². The lowest BCUT2D eigenvalue weighted by atomic mass is 10.0. The Hall–Kier alpha value is -2.60. The van der Waals surface area contributed by atoms with Crippen LogP contribution in [0.15, 0.2) is 42.5 Å². The van der Waals surface area contributed by atoms with Crippen LogP contribution in [0.25, 0.3) is 0 Å². The molecule has 2 aromatic rings. The highest BCUT2D eigenvalue weighted by Gasteiger charge is 2.15. The first kappa shape index (κ1) is 20.1. The van der Waals surface area contributed by atoms with E-state index in [4.69, 9.17) is 9.47 Å². The third-order valence-corrected chi connectivity index (χ3v) is 4.73. The smallest absolute Gasteiger partial charge is 0.227 e. The predicted molar refractivity (Wildman–Crippen MR) is 109 cm³/mol. The third kappa shape index (κ3) is 5.45. The van der Waals surface area contributed by atoms with Crippen molar-refractivity contribution in [3.63, 3.8) is 0 Å². The number of hydrogen-bond acceptors (Lipinski definition) is 4.